The van der Waals surface area contributed by atoms with Crippen molar-refractivity contribution in [3.05, 3.63) is 65.0 Å². The summed E-state index contributed by atoms with van der Waals surface area (Å²) < 4.78 is 40.1. The average molecular weight is 448 g/mol. The van der Waals surface area contributed by atoms with Crippen molar-refractivity contribution in [2.45, 2.75) is 45.1 Å². The monoisotopic (exact) mass is 448 g/mol. The summed E-state index contributed by atoms with van der Waals surface area (Å²) in [4.78, 5) is 12.3. The van der Waals surface area contributed by atoms with E-state index >= 15 is 0 Å². The van der Waals surface area contributed by atoms with E-state index in [-0.39, 0.29) is 29.1 Å². The van der Waals surface area contributed by atoms with Crippen LogP contribution in [0.2, 0.25) is 0 Å². The van der Waals surface area contributed by atoms with Crippen LogP contribution in [-0.2, 0) is 6.61 Å². The molecule has 0 atom stereocenters. The molecule has 0 bridgehead atoms. The van der Waals surface area contributed by atoms with Crippen LogP contribution in [0.1, 0.15) is 47.1 Å². The Morgan fingerprint density at radius 3 is 2.55 bits per heavy atom. The van der Waals surface area contributed by atoms with E-state index in [2.05, 4.69) is 28.8 Å². The molecular formula is C22H22F2N2O4S. The standard InChI is InChI=1S/C22H22F2N2O4S/c1-13(2)17-9-4-14(3)10-19(17)28-11-20-25-26-22(30-20)31-12-18(27)15-5-7-16(8-6-15)29-21(23)24/h4-10,13,21H,11-12H2,1-3H3. The van der Waals surface area contributed by atoms with Gasteiger partial charge >= 0.3 is 6.61 Å². The molecule has 0 spiro atoms. The van der Waals surface area contributed by atoms with Crippen LogP contribution in [0.4, 0.5) is 8.78 Å². The average Bonchev–Trinajstić information content (AvgIpc) is 3.18. The van der Waals surface area contributed by atoms with Crippen LogP contribution in [0.25, 0.3) is 0 Å². The molecule has 0 amide bonds. The Morgan fingerprint density at radius 2 is 1.87 bits per heavy atom. The van der Waals surface area contributed by atoms with Crippen molar-refractivity contribution < 1.29 is 27.5 Å². The second kappa shape index (κ2) is 10.4. The number of carbonyl (C=O) groups excluding carboxylic acids is 1. The van der Waals surface area contributed by atoms with E-state index < -0.39 is 6.61 Å². The molecule has 0 N–H and O–H groups in total. The van der Waals surface area contributed by atoms with Gasteiger partial charge in [-0.1, -0.05) is 37.7 Å². The van der Waals surface area contributed by atoms with Crippen LogP contribution < -0.4 is 9.47 Å². The lowest BCUT2D eigenvalue weighted by molar-refractivity contribution is -0.0498. The lowest BCUT2D eigenvalue weighted by atomic mass is 10.0. The van der Waals surface area contributed by atoms with Gasteiger partial charge in [0.1, 0.15) is 11.5 Å². The number of Topliss-reactive ketones (excluding diaryl/α,β-unsaturated/α-hetero) is 1. The first kappa shape index (κ1) is 22.7. The fraction of sp³-hybridized carbons (Fsp3) is 0.318. The van der Waals surface area contributed by atoms with Crippen molar-refractivity contribution in [1.29, 1.82) is 0 Å². The molecule has 31 heavy (non-hydrogen) atoms. The third kappa shape index (κ3) is 6.52. The SMILES string of the molecule is Cc1ccc(C(C)C)c(OCc2nnc(SCC(=O)c3ccc(OC(F)F)cc3)o2)c1. The molecule has 0 saturated carbocycles. The lowest BCUT2D eigenvalue weighted by Crippen LogP contribution is -2.04. The van der Waals surface area contributed by atoms with Crippen molar-refractivity contribution in [3.63, 3.8) is 0 Å². The number of ether oxygens (including phenoxy) is 2. The number of hydrogen-bond acceptors (Lipinski definition) is 7. The number of rotatable bonds is 10. The molecule has 1 heterocycles. The molecule has 164 valence electrons. The number of aryl methyl sites for hydroxylation is 1. The summed E-state index contributed by atoms with van der Waals surface area (Å²) in [5.41, 5.74) is 2.56. The third-order valence-corrected chi connectivity index (χ3v) is 5.14. The molecule has 6 nitrogen and oxygen atoms in total. The summed E-state index contributed by atoms with van der Waals surface area (Å²) in [5, 5.41) is 8.13. The Bertz CT molecular complexity index is 1020. The van der Waals surface area contributed by atoms with Gasteiger partial charge in [0.15, 0.2) is 12.4 Å². The van der Waals surface area contributed by atoms with Crippen LogP contribution in [0.15, 0.2) is 52.1 Å². The highest BCUT2D eigenvalue weighted by atomic mass is 32.2. The molecule has 0 unspecified atom stereocenters. The molecule has 2 aromatic carbocycles. The van der Waals surface area contributed by atoms with Crippen LogP contribution >= 0.6 is 11.8 Å². The zero-order valence-corrected chi connectivity index (χ0v) is 18.1. The Hall–Kier alpha value is -2.94. The van der Waals surface area contributed by atoms with E-state index in [9.17, 15) is 13.6 Å². The number of ketones is 1. The minimum Gasteiger partial charge on any atom is -0.484 e. The largest absolute Gasteiger partial charge is 0.484 e. The third-order valence-electron chi connectivity index (χ3n) is 4.32. The maximum Gasteiger partial charge on any atom is 0.387 e. The molecule has 0 aliphatic rings. The van der Waals surface area contributed by atoms with Crippen molar-refractivity contribution in [2.24, 2.45) is 0 Å². The number of aromatic nitrogens is 2. The van der Waals surface area contributed by atoms with Crippen LogP contribution in [-0.4, -0.2) is 28.3 Å². The Morgan fingerprint density at radius 1 is 1.13 bits per heavy atom. The Labute approximate surface area is 183 Å². The number of hydrogen-bond donors (Lipinski definition) is 0. The highest BCUT2D eigenvalue weighted by Crippen LogP contribution is 2.28. The van der Waals surface area contributed by atoms with Crippen molar-refractivity contribution >= 4 is 17.5 Å². The van der Waals surface area contributed by atoms with Crippen LogP contribution in [0.3, 0.4) is 0 Å². The van der Waals surface area contributed by atoms with Crippen molar-refractivity contribution in [3.8, 4) is 11.5 Å². The molecule has 0 aliphatic heterocycles. The second-order valence-electron chi connectivity index (χ2n) is 7.06. The van der Waals surface area contributed by atoms with Crippen molar-refractivity contribution in [1.82, 2.24) is 10.2 Å². The maximum absolute atomic E-state index is 12.3. The molecule has 0 fully saturated rings. The number of thioether (sulfide) groups is 1. The van der Waals surface area contributed by atoms with Gasteiger partial charge in [-0.25, -0.2) is 0 Å². The Balaban J connectivity index is 1.53. The topological polar surface area (TPSA) is 74.5 Å². The first-order valence-electron chi connectivity index (χ1n) is 9.58. The van der Waals surface area contributed by atoms with Crippen LogP contribution in [0.5, 0.6) is 11.5 Å². The van der Waals surface area contributed by atoms with Gasteiger partial charge < -0.3 is 13.9 Å². The number of alkyl halides is 2. The normalized spacial score (nSPS) is 11.2. The fourth-order valence-corrected chi connectivity index (χ4v) is 3.45. The zero-order valence-electron chi connectivity index (χ0n) is 17.3. The molecular weight excluding hydrogens is 426 g/mol. The predicted octanol–water partition coefficient (Wildman–Crippen LogP) is 5.66. The van der Waals surface area contributed by atoms with E-state index in [1.807, 2.05) is 25.1 Å². The van der Waals surface area contributed by atoms with Crippen LogP contribution in [0, 0.1) is 6.92 Å². The lowest BCUT2D eigenvalue weighted by Gasteiger charge is -2.13. The molecule has 0 radical (unpaired) electrons. The summed E-state index contributed by atoms with van der Waals surface area (Å²) in [5.74, 6) is 1.25. The minimum atomic E-state index is -2.91. The van der Waals surface area contributed by atoms with Gasteiger partial charge in [-0.2, -0.15) is 8.78 Å². The van der Waals surface area contributed by atoms with E-state index in [0.29, 0.717) is 17.4 Å². The van der Waals surface area contributed by atoms with Gasteiger partial charge in [-0.05, 0) is 54.3 Å². The molecule has 3 aromatic rings. The fourth-order valence-electron chi connectivity index (χ4n) is 2.77. The summed E-state index contributed by atoms with van der Waals surface area (Å²) >= 11 is 1.09. The van der Waals surface area contributed by atoms with Gasteiger partial charge in [0.05, 0.1) is 5.75 Å². The molecule has 0 saturated heterocycles. The van der Waals surface area contributed by atoms with E-state index in [4.69, 9.17) is 9.15 Å². The van der Waals surface area contributed by atoms with E-state index in [1.165, 1.54) is 24.3 Å². The van der Waals surface area contributed by atoms with Gasteiger partial charge in [0.2, 0.25) is 0 Å². The maximum atomic E-state index is 12.3. The molecule has 3 rings (SSSR count). The Kier molecular flexibility index (Phi) is 7.62. The predicted molar refractivity (Wildman–Crippen MR) is 112 cm³/mol. The summed E-state index contributed by atoms with van der Waals surface area (Å²) in [6.45, 7) is 3.39. The number of halogens is 2. The number of benzene rings is 2. The highest BCUT2D eigenvalue weighted by molar-refractivity contribution is 7.99. The quantitative estimate of drug-likeness (QED) is 0.293. The minimum absolute atomic E-state index is 0.00465. The number of nitrogens with zero attached hydrogens (tertiary/aromatic N) is 2. The smallest absolute Gasteiger partial charge is 0.387 e. The molecule has 1 aromatic heterocycles. The molecule has 9 heteroatoms. The summed E-state index contributed by atoms with van der Waals surface area (Å²) in [7, 11) is 0. The first-order valence-corrected chi connectivity index (χ1v) is 10.6. The number of carbonyl (C=O) groups is 1. The summed E-state index contributed by atoms with van der Waals surface area (Å²) in [6.07, 6.45) is 0. The highest BCUT2D eigenvalue weighted by Gasteiger charge is 2.14. The summed E-state index contributed by atoms with van der Waals surface area (Å²) in [6, 6.07) is 11.6. The zero-order chi connectivity index (χ0) is 22.4. The van der Waals surface area contributed by atoms with Gasteiger partial charge in [-0.15, -0.1) is 10.2 Å². The first-order chi connectivity index (χ1) is 14.8. The van der Waals surface area contributed by atoms with Crippen molar-refractivity contribution in [2.75, 3.05) is 5.75 Å². The van der Waals surface area contributed by atoms with Gasteiger partial charge in [0.25, 0.3) is 11.1 Å². The second-order valence-corrected chi connectivity index (χ2v) is 7.99. The van der Waals surface area contributed by atoms with E-state index in [0.717, 1.165) is 28.6 Å². The van der Waals surface area contributed by atoms with Gasteiger partial charge in [0, 0.05) is 5.56 Å². The van der Waals surface area contributed by atoms with Gasteiger partial charge in [-0.3, -0.25) is 4.79 Å². The molecule has 0 aliphatic carbocycles. The van der Waals surface area contributed by atoms with E-state index in [1.54, 1.807) is 0 Å².